The lowest BCUT2D eigenvalue weighted by atomic mass is 10.2. The van der Waals surface area contributed by atoms with E-state index in [1.807, 2.05) is 6.92 Å². The molecule has 0 aliphatic carbocycles. The van der Waals surface area contributed by atoms with Gasteiger partial charge in [-0.2, -0.15) is 9.64 Å². The van der Waals surface area contributed by atoms with Gasteiger partial charge in [0, 0.05) is 11.8 Å². The number of hydrogen-bond donors (Lipinski definition) is 0. The number of aryl methyl sites for hydroxylation is 1. The van der Waals surface area contributed by atoms with E-state index in [1.54, 1.807) is 0 Å². The first-order valence-corrected chi connectivity index (χ1v) is 5.49. The molecular weight excluding hydrogens is 238 g/mol. The smallest absolute Gasteiger partial charge is 0.142 e. The first kappa shape index (κ1) is 9.62. The van der Waals surface area contributed by atoms with Gasteiger partial charge in [-0.1, -0.05) is 22.9 Å². The molecule has 1 rings (SSSR count). The molecule has 64 valence electrons. The third-order valence-corrected chi connectivity index (χ3v) is 2.92. The van der Waals surface area contributed by atoms with Crippen LogP contribution in [0.4, 0.5) is 0 Å². The van der Waals surface area contributed by atoms with E-state index in [2.05, 4.69) is 31.4 Å². The van der Waals surface area contributed by atoms with Crippen LogP contribution in [0.3, 0.4) is 0 Å². The van der Waals surface area contributed by atoms with E-state index in [0.717, 1.165) is 17.3 Å². The van der Waals surface area contributed by atoms with E-state index < -0.39 is 0 Å². The maximum absolute atomic E-state index is 8.72. The van der Waals surface area contributed by atoms with E-state index in [9.17, 15) is 0 Å². The molecule has 0 aromatic carbocycles. The van der Waals surface area contributed by atoms with Gasteiger partial charge in [-0.15, -0.1) is 0 Å². The van der Waals surface area contributed by atoms with E-state index in [4.69, 9.17) is 5.26 Å². The van der Waals surface area contributed by atoms with Crippen molar-refractivity contribution in [1.82, 2.24) is 9.36 Å². The van der Waals surface area contributed by atoms with Gasteiger partial charge in [0.25, 0.3) is 0 Å². The lowest BCUT2D eigenvalue weighted by Gasteiger charge is -1.95. The Morgan fingerprint density at radius 3 is 2.92 bits per heavy atom. The molecule has 0 radical (unpaired) electrons. The minimum Gasteiger partial charge on any atom is -0.223 e. The summed E-state index contributed by atoms with van der Waals surface area (Å²) in [5, 5.41) is 10.2. The zero-order chi connectivity index (χ0) is 8.97. The fourth-order valence-electron chi connectivity index (χ4n) is 0.708. The normalized spacial score (nSPS) is 12.4. The summed E-state index contributed by atoms with van der Waals surface area (Å²) in [7, 11) is 0. The number of halogens is 1. The second-order valence-corrected chi connectivity index (χ2v) is 3.67. The summed E-state index contributed by atoms with van der Waals surface area (Å²) in [5.74, 6) is 0.680. The van der Waals surface area contributed by atoms with Crippen molar-refractivity contribution in [1.29, 1.82) is 5.26 Å². The molecule has 1 atom stereocenters. The fourth-order valence-corrected chi connectivity index (χ4v) is 2.15. The molecule has 0 N–H and O–H groups in total. The van der Waals surface area contributed by atoms with E-state index in [1.165, 1.54) is 11.5 Å². The van der Waals surface area contributed by atoms with Gasteiger partial charge < -0.3 is 0 Å². The van der Waals surface area contributed by atoms with Crippen LogP contribution in [0.1, 0.15) is 23.7 Å². The Hall–Kier alpha value is -0.470. The average Bonchev–Trinajstić information content (AvgIpc) is 2.55. The zero-order valence-electron chi connectivity index (χ0n) is 6.62. The Morgan fingerprint density at radius 1 is 1.75 bits per heavy atom. The van der Waals surface area contributed by atoms with Gasteiger partial charge in [0.05, 0.1) is 6.07 Å². The largest absolute Gasteiger partial charge is 0.223 e. The highest BCUT2D eigenvalue weighted by molar-refractivity contribution is 9.09. The molecule has 1 unspecified atom stereocenters. The Labute approximate surface area is 83.7 Å². The highest BCUT2D eigenvalue weighted by Gasteiger charge is 2.13. The van der Waals surface area contributed by atoms with Crippen LogP contribution >= 0.6 is 27.5 Å². The van der Waals surface area contributed by atoms with E-state index in [-0.39, 0.29) is 5.92 Å². The third kappa shape index (κ3) is 2.02. The van der Waals surface area contributed by atoms with Gasteiger partial charge in [0.1, 0.15) is 16.7 Å². The van der Waals surface area contributed by atoms with Crippen LogP contribution < -0.4 is 0 Å². The second kappa shape index (κ2) is 4.53. The quantitative estimate of drug-likeness (QED) is 0.767. The van der Waals surface area contributed by atoms with Crippen LogP contribution in [-0.4, -0.2) is 14.7 Å². The second-order valence-electron chi connectivity index (χ2n) is 2.24. The molecule has 0 fully saturated rings. The number of rotatable bonds is 3. The molecule has 0 spiro atoms. The van der Waals surface area contributed by atoms with Gasteiger partial charge >= 0.3 is 0 Å². The molecule has 5 heteroatoms. The summed E-state index contributed by atoms with van der Waals surface area (Å²) < 4.78 is 4.11. The van der Waals surface area contributed by atoms with Gasteiger partial charge in [0.15, 0.2) is 0 Å². The van der Waals surface area contributed by atoms with Crippen LogP contribution in [0.15, 0.2) is 0 Å². The molecule has 1 aromatic rings. The van der Waals surface area contributed by atoms with Crippen LogP contribution in [0.2, 0.25) is 0 Å². The summed E-state index contributed by atoms with van der Waals surface area (Å²) in [6.45, 7) is 2.00. The Kier molecular flexibility index (Phi) is 3.63. The molecule has 0 saturated carbocycles. The predicted molar refractivity (Wildman–Crippen MR) is 51.4 cm³/mol. The minimum atomic E-state index is -0.150. The van der Waals surface area contributed by atoms with Crippen molar-refractivity contribution in [2.24, 2.45) is 0 Å². The molecule has 0 aliphatic heterocycles. The minimum absolute atomic E-state index is 0.150. The maximum Gasteiger partial charge on any atom is 0.142 e. The predicted octanol–water partition coefficient (Wildman–Crippen LogP) is 2.10. The number of nitrogens with zero attached hydrogens (tertiary/aromatic N) is 3. The monoisotopic (exact) mass is 245 g/mol. The highest BCUT2D eigenvalue weighted by Crippen LogP contribution is 2.19. The molecule has 0 saturated heterocycles. The van der Waals surface area contributed by atoms with Gasteiger partial charge in [-0.05, 0) is 11.5 Å². The van der Waals surface area contributed by atoms with Crippen molar-refractivity contribution in [3.05, 3.63) is 10.8 Å². The van der Waals surface area contributed by atoms with E-state index >= 15 is 0 Å². The lowest BCUT2D eigenvalue weighted by molar-refractivity contribution is 0.925. The molecule has 0 aliphatic rings. The molecule has 0 bridgehead atoms. The summed E-state index contributed by atoms with van der Waals surface area (Å²) in [4.78, 5) is 4.23. The molecule has 3 nitrogen and oxygen atoms in total. The SMILES string of the molecule is CCc1nsc(C(C#N)CBr)n1. The van der Waals surface area contributed by atoms with Crippen molar-refractivity contribution in [3.8, 4) is 6.07 Å². The van der Waals surface area contributed by atoms with Crippen LogP contribution in [0, 0.1) is 11.3 Å². The Morgan fingerprint density at radius 2 is 2.50 bits per heavy atom. The van der Waals surface area contributed by atoms with Crippen molar-refractivity contribution in [2.45, 2.75) is 19.3 Å². The van der Waals surface area contributed by atoms with Gasteiger partial charge in [-0.25, -0.2) is 4.98 Å². The molecule has 1 heterocycles. The van der Waals surface area contributed by atoms with Crippen molar-refractivity contribution in [2.75, 3.05) is 5.33 Å². The van der Waals surface area contributed by atoms with Crippen molar-refractivity contribution in [3.63, 3.8) is 0 Å². The molecule has 1 aromatic heterocycles. The summed E-state index contributed by atoms with van der Waals surface area (Å²) in [6.07, 6.45) is 0.830. The van der Waals surface area contributed by atoms with Crippen LogP contribution in [-0.2, 0) is 6.42 Å². The molecule has 0 amide bonds. The summed E-state index contributed by atoms with van der Waals surface area (Å²) in [5.41, 5.74) is 0. The Balaban J connectivity index is 2.81. The summed E-state index contributed by atoms with van der Waals surface area (Å²) in [6, 6.07) is 2.17. The third-order valence-electron chi connectivity index (χ3n) is 1.41. The van der Waals surface area contributed by atoms with Crippen LogP contribution in [0.25, 0.3) is 0 Å². The fraction of sp³-hybridized carbons (Fsp3) is 0.571. The summed E-state index contributed by atoms with van der Waals surface area (Å²) >= 11 is 4.58. The first-order valence-electron chi connectivity index (χ1n) is 3.59. The number of nitriles is 1. The Bertz CT molecular complexity index is 291. The van der Waals surface area contributed by atoms with Gasteiger partial charge in [0.2, 0.25) is 0 Å². The number of hydrogen-bond acceptors (Lipinski definition) is 4. The number of alkyl halides is 1. The number of aromatic nitrogens is 2. The van der Waals surface area contributed by atoms with Gasteiger partial charge in [-0.3, -0.25) is 0 Å². The van der Waals surface area contributed by atoms with Crippen molar-refractivity contribution < 1.29 is 0 Å². The average molecular weight is 246 g/mol. The topological polar surface area (TPSA) is 49.6 Å². The van der Waals surface area contributed by atoms with E-state index in [0.29, 0.717) is 5.33 Å². The molecular formula is C7H8BrN3S. The first-order chi connectivity index (χ1) is 5.81. The van der Waals surface area contributed by atoms with Crippen LogP contribution in [0.5, 0.6) is 0 Å². The standard InChI is InChI=1S/C7H8BrN3S/c1-2-6-10-7(12-11-6)5(3-8)4-9/h5H,2-3H2,1H3. The lowest BCUT2D eigenvalue weighted by Crippen LogP contribution is -1.96. The zero-order valence-corrected chi connectivity index (χ0v) is 9.02. The molecule has 12 heavy (non-hydrogen) atoms. The maximum atomic E-state index is 8.72. The highest BCUT2D eigenvalue weighted by atomic mass is 79.9. The van der Waals surface area contributed by atoms with Crippen molar-refractivity contribution >= 4 is 27.5 Å².